The Kier molecular flexibility index (Phi) is 6.05. The molecule has 1 N–H and O–H groups in total. The molecule has 35 heavy (non-hydrogen) atoms. The topological polar surface area (TPSA) is 102 Å². The molecule has 2 heterocycles. The zero-order valence-corrected chi connectivity index (χ0v) is 19.9. The van der Waals surface area contributed by atoms with Gasteiger partial charge in [-0.1, -0.05) is 36.8 Å². The lowest BCUT2D eigenvalue weighted by Crippen LogP contribution is -2.42. The Hall–Kier alpha value is -3.68. The fourth-order valence-electron chi connectivity index (χ4n) is 5.65. The summed E-state index contributed by atoms with van der Waals surface area (Å²) >= 11 is 0. The highest BCUT2D eigenvalue weighted by atomic mass is 16.5. The lowest BCUT2D eigenvalue weighted by Gasteiger charge is -2.34. The van der Waals surface area contributed by atoms with Gasteiger partial charge in [-0.15, -0.1) is 0 Å². The van der Waals surface area contributed by atoms with E-state index in [1.165, 1.54) is 7.11 Å². The second-order valence-corrected chi connectivity index (χ2v) is 9.51. The number of benzene rings is 2. The summed E-state index contributed by atoms with van der Waals surface area (Å²) in [7, 11) is 1.37. The fraction of sp³-hybridized carbons (Fsp3) is 0.407. The number of nitrogens with zero attached hydrogens (tertiary/aromatic N) is 3. The normalized spacial score (nSPS) is 22.0. The summed E-state index contributed by atoms with van der Waals surface area (Å²) in [5.41, 5.74) is 3.70. The molecule has 0 saturated heterocycles. The third-order valence-corrected chi connectivity index (χ3v) is 7.43. The number of ketones is 1. The van der Waals surface area contributed by atoms with Crippen molar-refractivity contribution in [2.24, 2.45) is 5.92 Å². The molecular weight excluding hydrogens is 446 g/mol. The van der Waals surface area contributed by atoms with E-state index in [-0.39, 0.29) is 17.9 Å². The Morgan fingerprint density at radius 1 is 1.06 bits per heavy atom. The maximum atomic E-state index is 13.6. The van der Waals surface area contributed by atoms with E-state index < -0.39 is 18.0 Å². The molecule has 2 aromatic carbocycles. The van der Waals surface area contributed by atoms with Crippen molar-refractivity contribution >= 4 is 34.6 Å². The largest absolute Gasteiger partial charge is 0.481 e. The summed E-state index contributed by atoms with van der Waals surface area (Å²) in [5.74, 6) is -1.12. The van der Waals surface area contributed by atoms with Crippen LogP contribution in [0, 0.1) is 5.92 Å². The maximum absolute atomic E-state index is 13.6. The van der Waals surface area contributed by atoms with Crippen LogP contribution in [-0.2, 0) is 16.0 Å². The number of amides is 1. The average Bonchev–Trinajstić information content (AvgIpc) is 3.28. The summed E-state index contributed by atoms with van der Waals surface area (Å²) in [5, 5.41) is 9.67. The second kappa shape index (κ2) is 9.17. The average molecular weight is 476 g/mol. The molecule has 182 valence electrons. The SMILES string of the molecule is COC(=O)N1c2ccc3c(nc(C(=O)c4ccccc4)n3[C@@H]3CCC[C@@H](C(=O)O)C3)c2CCC1C. The number of ether oxygens (including phenoxy) is 1. The quantitative estimate of drug-likeness (QED) is 0.534. The predicted molar refractivity (Wildman–Crippen MR) is 131 cm³/mol. The van der Waals surface area contributed by atoms with Crippen molar-refractivity contribution in [3.63, 3.8) is 0 Å². The lowest BCUT2D eigenvalue weighted by molar-refractivity contribution is -0.143. The molecule has 1 saturated carbocycles. The minimum Gasteiger partial charge on any atom is -0.481 e. The Bertz CT molecular complexity index is 1300. The number of imidazole rings is 1. The first-order chi connectivity index (χ1) is 16.9. The van der Waals surface area contributed by atoms with E-state index >= 15 is 0 Å². The maximum Gasteiger partial charge on any atom is 0.414 e. The van der Waals surface area contributed by atoms with Crippen LogP contribution in [0.1, 0.15) is 66.8 Å². The van der Waals surface area contributed by atoms with Gasteiger partial charge in [-0.3, -0.25) is 14.5 Å². The lowest BCUT2D eigenvalue weighted by atomic mass is 9.85. The van der Waals surface area contributed by atoms with Gasteiger partial charge >= 0.3 is 12.1 Å². The van der Waals surface area contributed by atoms with Gasteiger partial charge < -0.3 is 14.4 Å². The van der Waals surface area contributed by atoms with E-state index in [0.29, 0.717) is 29.7 Å². The number of carboxylic acid groups (broad SMARTS) is 1. The van der Waals surface area contributed by atoms with E-state index in [1.54, 1.807) is 17.0 Å². The Morgan fingerprint density at radius 3 is 2.54 bits per heavy atom. The van der Waals surface area contributed by atoms with Crippen molar-refractivity contribution < 1.29 is 24.2 Å². The molecule has 5 rings (SSSR count). The monoisotopic (exact) mass is 475 g/mol. The fourth-order valence-corrected chi connectivity index (χ4v) is 5.65. The standard InChI is InChI=1S/C27H29N3O5/c1-16-11-12-20-21(29(16)27(34)35-2)13-14-22-23(20)28-25(24(31)17-7-4-3-5-8-17)30(22)19-10-6-9-18(15-19)26(32)33/h3-5,7-8,13-14,16,18-19H,6,9-12,15H2,1-2H3,(H,32,33)/t16?,18-,19-/m1/s1. The van der Waals surface area contributed by atoms with Crippen LogP contribution in [-0.4, -0.2) is 45.7 Å². The molecule has 0 bridgehead atoms. The van der Waals surface area contributed by atoms with Crippen molar-refractivity contribution in [1.82, 2.24) is 9.55 Å². The molecule has 1 fully saturated rings. The van der Waals surface area contributed by atoms with Crippen molar-refractivity contribution in [3.05, 3.63) is 59.4 Å². The zero-order chi connectivity index (χ0) is 24.7. The molecule has 2 aliphatic rings. The molecular formula is C27H29N3O5. The van der Waals surface area contributed by atoms with Crippen molar-refractivity contribution in [3.8, 4) is 0 Å². The van der Waals surface area contributed by atoms with Crippen molar-refractivity contribution in [2.45, 2.75) is 57.5 Å². The van der Waals surface area contributed by atoms with Crippen LogP contribution in [0.2, 0.25) is 0 Å². The molecule has 3 aromatic rings. The molecule has 0 radical (unpaired) electrons. The summed E-state index contributed by atoms with van der Waals surface area (Å²) in [6.45, 7) is 1.99. The van der Waals surface area contributed by atoms with E-state index in [2.05, 4.69) is 0 Å². The van der Waals surface area contributed by atoms with Crippen LogP contribution in [0.5, 0.6) is 0 Å². The van der Waals surface area contributed by atoms with Gasteiger partial charge in [0.2, 0.25) is 5.78 Å². The predicted octanol–water partition coefficient (Wildman–Crippen LogP) is 4.99. The van der Waals surface area contributed by atoms with Gasteiger partial charge in [-0.2, -0.15) is 0 Å². The van der Waals surface area contributed by atoms with E-state index in [0.717, 1.165) is 42.5 Å². The highest BCUT2D eigenvalue weighted by Gasteiger charge is 2.35. The number of aromatic nitrogens is 2. The summed E-state index contributed by atoms with van der Waals surface area (Å²) in [6.07, 6.45) is 3.71. The summed E-state index contributed by atoms with van der Waals surface area (Å²) < 4.78 is 6.99. The number of rotatable bonds is 4. The van der Waals surface area contributed by atoms with Gasteiger partial charge in [0.25, 0.3) is 0 Å². The summed E-state index contributed by atoms with van der Waals surface area (Å²) in [4.78, 5) is 44.5. The Balaban J connectivity index is 1.70. The van der Waals surface area contributed by atoms with E-state index in [1.807, 2.05) is 41.8 Å². The molecule has 1 aliphatic carbocycles. The highest BCUT2D eigenvalue weighted by molar-refractivity contribution is 6.09. The van der Waals surface area contributed by atoms with Crippen molar-refractivity contribution in [2.75, 3.05) is 12.0 Å². The minimum absolute atomic E-state index is 0.0189. The molecule has 1 amide bonds. The number of aryl methyl sites for hydroxylation is 1. The van der Waals surface area contributed by atoms with Crippen LogP contribution < -0.4 is 4.90 Å². The van der Waals surface area contributed by atoms with E-state index in [4.69, 9.17) is 9.72 Å². The number of hydrogen-bond donors (Lipinski definition) is 1. The molecule has 1 aliphatic heterocycles. The molecule has 8 nitrogen and oxygen atoms in total. The van der Waals surface area contributed by atoms with Gasteiger partial charge in [0.05, 0.1) is 29.7 Å². The van der Waals surface area contributed by atoms with Crippen molar-refractivity contribution in [1.29, 1.82) is 0 Å². The van der Waals surface area contributed by atoms with Crippen LogP contribution in [0.3, 0.4) is 0 Å². The number of carboxylic acids is 1. The van der Waals surface area contributed by atoms with Crippen LogP contribution in [0.15, 0.2) is 42.5 Å². The van der Waals surface area contributed by atoms with Gasteiger partial charge in [0, 0.05) is 23.2 Å². The first-order valence-electron chi connectivity index (χ1n) is 12.1. The second-order valence-electron chi connectivity index (χ2n) is 9.51. The molecule has 0 spiro atoms. The Morgan fingerprint density at radius 2 is 1.83 bits per heavy atom. The number of methoxy groups -OCH3 is 1. The molecule has 1 unspecified atom stereocenters. The summed E-state index contributed by atoms with van der Waals surface area (Å²) in [6, 6.07) is 12.7. The van der Waals surface area contributed by atoms with Crippen LogP contribution >= 0.6 is 0 Å². The highest BCUT2D eigenvalue weighted by Crippen LogP contribution is 2.40. The van der Waals surface area contributed by atoms with E-state index in [9.17, 15) is 19.5 Å². The molecule has 1 aromatic heterocycles. The smallest absolute Gasteiger partial charge is 0.414 e. The zero-order valence-electron chi connectivity index (χ0n) is 19.9. The first-order valence-corrected chi connectivity index (χ1v) is 12.1. The Labute approximate surface area is 203 Å². The number of carbonyl (C=O) groups is 3. The number of carbonyl (C=O) groups excluding carboxylic acids is 2. The molecule has 8 heteroatoms. The van der Waals surface area contributed by atoms with Gasteiger partial charge in [0.1, 0.15) is 0 Å². The molecule has 3 atom stereocenters. The number of anilines is 1. The number of fused-ring (bicyclic) bond motifs is 3. The van der Waals surface area contributed by atoms with Gasteiger partial charge in [-0.25, -0.2) is 9.78 Å². The third-order valence-electron chi connectivity index (χ3n) is 7.43. The number of aliphatic carboxylic acids is 1. The van der Waals surface area contributed by atoms with Gasteiger partial charge in [-0.05, 0) is 51.2 Å². The number of hydrogen-bond acceptors (Lipinski definition) is 5. The van der Waals surface area contributed by atoms with Gasteiger partial charge in [0.15, 0.2) is 5.82 Å². The first kappa shape index (κ1) is 23.1. The van der Waals surface area contributed by atoms with Crippen LogP contribution in [0.4, 0.5) is 10.5 Å². The van der Waals surface area contributed by atoms with Crippen LogP contribution in [0.25, 0.3) is 11.0 Å². The third kappa shape index (κ3) is 3.96. The minimum atomic E-state index is -0.796.